The molecule has 0 spiro atoms. The van der Waals surface area contributed by atoms with Crippen LogP contribution in [0.1, 0.15) is 110 Å². The van der Waals surface area contributed by atoms with E-state index in [0.29, 0.717) is 6.42 Å². The zero-order chi connectivity index (χ0) is 19.1. The summed E-state index contributed by atoms with van der Waals surface area (Å²) in [5.41, 5.74) is 5.43. The van der Waals surface area contributed by atoms with Crippen LogP contribution in [-0.2, 0) is 4.79 Å². The number of hydrogen-bond donors (Lipinski definition) is 3. The zero-order valence-electron chi connectivity index (χ0n) is 17.6. The summed E-state index contributed by atoms with van der Waals surface area (Å²) >= 11 is 0. The summed E-state index contributed by atoms with van der Waals surface area (Å²) in [7, 11) is 0. The van der Waals surface area contributed by atoms with Crippen molar-refractivity contribution in [2.75, 3.05) is 26.2 Å². The maximum atomic E-state index is 11.7. The maximum absolute atomic E-state index is 11.7. The highest BCUT2D eigenvalue weighted by molar-refractivity contribution is 5.75. The lowest BCUT2D eigenvalue weighted by molar-refractivity contribution is -0.121. The lowest BCUT2D eigenvalue weighted by atomic mass is 10.0. The minimum Gasteiger partial charge on any atom is -0.356 e. The van der Waals surface area contributed by atoms with Gasteiger partial charge in [-0.3, -0.25) is 4.79 Å². The van der Waals surface area contributed by atoms with E-state index in [2.05, 4.69) is 17.6 Å². The fourth-order valence-electron chi connectivity index (χ4n) is 3.18. The van der Waals surface area contributed by atoms with E-state index in [0.717, 1.165) is 45.4 Å². The minimum atomic E-state index is 0.218. The van der Waals surface area contributed by atoms with E-state index in [1.807, 2.05) is 0 Å². The molecule has 0 saturated carbocycles. The number of carbonyl (C=O) groups is 1. The van der Waals surface area contributed by atoms with E-state index < -0.39 is 0 Å². The van der Waals surface area contributed by atoms with Crippen LogP contribution in [0.5, 0.6) is 0 Å². The second-order valence-corrected chi connectivity index (χ2v) is 7.59. The third-order valence-electron chi connectivity index (χ3n) is 4.92. The fraction of sp³-hybridized carbons (Fsp3) is 0.955. The molecule has 0 rings (SSSR count). The highest BCUT2D eigenvalue weighted by atomic mass is 16.1. The lowest BCUT2D eigenvalue weighted by Gasteiger charge is -2.06. The Morgan fingerprint density at radius 1 is 0.654 bits per heavy atom. The topological polar surface area (TPSA) is 67.2 Å². The number of unbranched alkanes of at least 4 members (excludes halogenated alkanes) is 12. The Kier molecular flexibility index (Phi) is 21.9. The van der Waals surface area contributed by atoms with Crippen molar-refractivity contribution in [1.82, 2.24) is 10.6 Å². The monoisotopic (exact) mass is 369 g/mol. The van der Waals surface area contributed by atoms with Crippen LogP contribution >= 0.6 is 0 Å². The zero-order valence-corrected chi connectivity index (χ0v) is 17.6. The smallest absolute Gasteiger partial charge is 0.219 e. The molecule has 0 aliphatic carbocycles. The molecule has 0 aromatic carbocycles. The summed E-state index contributed by atoms with van der Waals surface area (Å²) in [6, 6.07) is 0. The Hall–Kier alpha value is -0.610. The molecule has 26 heavy (non-hydrogen) atoms. The second kappa shape index (κ2) is 22.4. The van der Waals surface area contributed by atoms with Crippen LogP contribution in [0, 0.1) is 0 Å². The molecule has 0 aliphatic heterocycles. The van der Waals surface area contributed by atoms with Gasteiger partial charge < -0.3 is 16.4 Å². The van der Waals surface area contributed by atoms with Gasteiger partial charge in [-0.15, -0.1) is 0 Å². The largest absolute Gasteiger partial charge is 0.356 e. The van der Waals surface area contributed by atoms with Crippen LogP contribution in [0.3, 0.4) is 0 Å². The fourth-order valence-corrected chi connectivity index (χ4v) is 3.18. The molecular weight excluding hydrogens is 322 g/mol. The highest BCUT2D eigenvalue weighted by Gasteiger charge is 2.00. The van der Waals surface area contributed by atoms with Gasteiger partial charge in [0.25, 0.3) is 0 Å². The standard InChI is InChI=1S/C22H47N3O/c1-2-3-4-5-6-7-8-9-10-11-12-13-14-17-22(26)25-21-16-20-24-19-15-18-23/h24H,2-21,23H2,1H3,(H,25,26). The molecule has 4 heteroatoms. The number of carbonyl (C=O) groups excluding carboxylic acids is 1. The van der Waals surface area contributed by atoms with Gasteiger partial charge in [-0.25, -0.2) is 0 Å². The Bertz CT molecular complexity index is 285. The third-order valence-corrected chi connectivity index (χ3v) is 4.92. The van der Waals surface area contributed by atoms with Gasteiger partial charge in [0.15, 0.2) is 0 Å². The van der Waals surface area contributed by atoms with Gasteiger partial charge in [-0.2, -0.15) is 0 Å². The normalized spacial score (nSPS) is 11.0. The average Bonchev–Trinajstić information content (AvgIpc) is 2.64. The summed E-state index contributed by atoms with van der Waals surface area (Å²) < 4.78 is 0. The number of nitrogens with two attached hydrogens (primary N) is 1. The van der Waals surface area contributed by atoms with E-state index in [4.69, 9.17) is 5.73 Å². The van der Waals surface area contributed by atoms with E-state index in [-0.39, 0.29) is 5.91 Å². The van der Waals surface area contributed by atoms with Gasteiger partial charge in [0.05, 0.1) is 0 Å². The first-order valence-electron chi connectivity index (χ1n) is 11.5. The van der Waals surface area contributed by atoms with Gasteiger partial charge >= 0.3 is 0 Å². The molecule has 156 valence electrons. The predicted molar refractivity (Wildman–Crippen MR) is 114 cm³/mol. The Balaban J connectivity index is 3.12. The van der Waals surface area contributed by atoms with Crippen molar-refractivity contribution in [1.29, 1.82) is 0 Å². The van der Waals surface area contributed by atoms with Gasteiger partial charge in [0.1, 0.15) is 0 Å². The third kappa shape index (κ3) is 21.4. The van der Waals surface area contributed by atoms with Crippen molar-refractivity contribution >= 4 is 5.91 Å². The molecular formula is C22H47N3O. The van der Waals surface area contributed by atoms with Crippen LogP contribution in [-0.4, -0.2) is 32.1 Å². The average molecular weight is 370 g/mol. The van der Waals surface area contributed by atoms with Crippen molar-refractivity contribution in [3.8, 4) is 0 Å². The minimum absolute atomic E-state index is 0.218. The van der Waals surface area contributed by atoms with Gasteiger partial charge in [-0.1, -0.05) is 84.0 Å². The van der Waals surface area contributed by atoms with Crippen molar-refractivity contribution in [3.63, 3.8) is 0 Å². The molecule has 0 unspecified atom stereocenters. The summed E-state index contributed by atoms with van der Waals surface area (Å²) in [4.78, 5) is 11.7. The molecule has 0 bridgehead atoms. The molecule has 0 aromatic rings. The first-order chi connectivity index (χ1) is 12.8. The van der Waals surface area contributed by atoms with E-state index in [9.17, 15) is 4.79 Å². The van der Waals surface area contributed by atoms with Gasteiger partial charge in [0, 0.05) is 13.0 Å². The summed E-state index contributed by atoms with van der Waals surface area (Å²) in [6.45, 7) is 5.73. The van der Waals surface area contributed by atoms with Crippen molar-refractivity contribution < 1.29 is 4.79 Å². The predicted octanol–water partition coefficient (Wildman–Crippen LogP) is 4.91. The number of rotatable bonds is 21. The molecule has 0 atom stereocenters. The summed E-state index contributed by atoms with van der Waals surface area (Å²) in [5.74, 6) is 0.218. The summed E-state index contributed by atoms with van der Waals surface area (Å²) in [6.07, 6.45) is 20.2. The highest BCUT2D eigenvalue weighted by Crippen LogP contribution is 2.12. The molecule has 4 N–H and O–H groups in total. The Morgan fingerprint density at radius 2 is 1.15 bits per heavy atom. The molecule has 0 aliphatic rings. The summed E-state index contributed by atoms with van der Waals surface area (Å²) in [5, 5.41) is 6.34. The van der Waals surface area contributed by atoms with Gasteiger partial charge in [-0.05, 0) is 38.9 Å². The van der Waals surface area contributed by atoms with Crippen LogP contribution in [0.2, 0.25) is 0 Å². The van der Waals surface area contributed by atoms with Crippen LogP contribution < -0.4 is 16.4 Å². The molecule has 4 nitrogen and oxygen atoms in total. The number of hydrogen-bond acceptors (Lipinski definition) is 3. The van der Waals surface area contributed by atoms with Crippen molar-refractivity contribution in [2.24, 2.45) is 5.73 Å². The molecule has 0 aromatic heterocycles. The van der Waals surface area contributed by atoms with E-state index in [1.165, 1.54) is 77.0 Å². The van der Waals surface area contributed by atoms with Gasteiger partial charge in [0.2, 0.25) is 5.91 Å². The van der Waals surface area contributed by atoms with Crippen LogP contribution in [0.25, 0.3) is 0 Å². The molecule has 0 radical (unpaired) electrons. The second-order valence-electron chi connectivity index (χ2n) is 7.59. The molecule has 0 heterocycles. The van der Waals surface area contributed by atoms with E-state index >= 15 is 0 Å². The first-order valence-corrected chi connectivity index (χ1v) is 11.5. The first kappa shape index (κ1) is 25.4. The lowest BCUT2D eigenvalue weighted by Crippen LogP contribution is -2.27. The van der Waals surface area contributed by atoms with Crippen molar-refractivity contribution in [2.45, 2.75) is 110 Å². The van der Waals surface area contributed by atoms with E-state index in [1.54, 1.807) is 0 Å². The number of amides is 1. The quantitative estimate of drug-likeness (QED) is 0.252. The SMILES string of the molecule is CCCCCCCCCCCCCCCC(=O)NCCCNCCCN. The van der Waals surface area contributed by atoms with Crippen molar-refractivity contribution in [3.05, 3.63) is 0 Å². The molecule has 0 fully saturated rings. The molecule has 1 amide bonds. The number of nitrogens with one attached hydrogen (secondary N) is 2. The molecule has 0 saturated heterocycles. The Labute approximate surface area is 163 Å². The Morgan fingerprint density at radius 3 is 1.69 bits per heavy atom. The maximum Gasteiger partial charge on any atom is 0.219 e. The van der Waals surface area contributed by atoms with Crippen LogP contribution in [0.4, 0.5) is 0 Å². The van der Waals surface area contributed by atoms with Crippen LogP contribution in [0.15, 0.2) is 0 Å².